The SMILES string of the molecule is COC(=O)N[C@H](C(=O)N1CCC[C@H]1c1nc2ccc(C#Cc3ccc4nc([C@@H]5CCCN5C(=O)[C@@H](NC(=O)OC)C5CC5)[nH]c4c3)cc2[nH]1)C1CC1. The molecule has 2 saturated heterocycles. The quantitative estimate of drug-likeness (QED) is 0.195. The summed E-state index contributed by atoms with van der Waals surface area (Å²) in [7, 11) is 2.61. The van der Waals surface area contributed by atoms with Crippen molar-refractivity contribution in [3.8, 4) is 11.8 Å². The Morgan fingerprint density at radius 1 is 0.692 bits per heavy atom. The van der Waals surface area contributed by atoms with E-state index in [0.29, 0.717) is 13.1 Å². The van der Waals surface area contributed by atoms with E-state index in [1.54, 1.807) is 0 Å². The van der Waals surface area contributed by atoms with Crippen LogP contribution in [0.2, 0.25) is 0 Å². The predicted octanol–water partition coefficient (Wildman–Crippen LogP) is 4.44. The molecule has 4 aliphatic rings. The van der Waals surface area contributed by atoms with E-state index in [0.717, 1.165) is 96.2 Å². The van der Waals surface area contributed by atoms with Crippen molar-refractivity contribution < 1.29 is 28.7 Å². The van der Waals surface area contributed by atoms with Gasteiger partial charge in [-0.25, -0.2) is 19.6 Å². The number of imidazole rings is 2. The number of aromatic amines is 2. The number of methoxy groups -OCH3 is 2. The molecule has 4 fully saturated rings. The molecule has 14 nitrogen and oxygen atoms in total. The van der Waals surface area contributed by atoms with Gasteiger partial charge in [0.2, 0.25) is 11.8 Å². The van der Waals surface area contributed by atoms with E-state index in [1.165, 1.54) is 14.2 Å². The Kier molecular flexibility index (Phi) is 8.94. The average Bonchev–Trinajstić information content (AvgIpc) is 3.94. The number of likely N-dealkylation sites (tertiary alicyclic amines) is 2. The predicted molar refractivity (Wildman–Crippen MR) is 190 cm³/mol. The number of benzene rings is 2. The first-order valence-corrected chi connectivity index (χ1v) is 18.1. The first-order valence-electron chi connectivity index (χ1n) is 18.1. The van der Waals surface area contributed by atoms with Crippen molar-refractivity contribution in [1.82, 2.24) is 40.4 Å². The van der Waals surface area contributed by atoms with Crippen molar-refractivity contribution in [1.29, 1.82) is 0 Å². The van der Waals surface area contributed by atoms with Crippen LogP contribution in [0.15, 0.2) is 36.4 Å². The van der Waals surface area contributed by atoms with Gasteiger partial charge < -0.3 is 39.9 Å². The molecular formula is C38H42N8O6. The summed E-state index contributed by atoms with van der Waals surface area (Å²) in [5.74, 6) is 8.08. The van der Waals surface area contributed by atoms with E-state index in [4.69, 9.17) is 19.4 Å². The number of carbonyl (C=O) groups excluding carboxylic acids is 4. The van der Waals surface area contributed by atoms with Gasteiger partial charge in [-0.15, -0.1) is 0 Å². The van der Waals surface area contributed by atoms with Gasteiger partial charge in [0.05, 0.1) is 48.4 Å². The zero-order valence-electron chi connectivity index (χ0n) is 29.2. The molecular weight excluding hydrogens is 664 g/mol. The third-order valence-corrected chi connectivity index (χ3v) is 10.7. The molecule has 2 aliphatic heterocycles. The van der Waals surface area contributed by atoms with Gasteiger partial charge in [0.15, 0.2) is 0 Å². The summed E-state index contributed by atoms with van der Waals surface area (Å²) < 4.78 is 9.56. The minimum atomic E-state index is -0.592. The van der Waals surface area contributed by atoms with Gasteiger partial charge >= 0.3 is 12.2 Å². The summed E-state index contributed by atoms with van der Waals surface area (Å²) in [5.41, 5.74) is 4.89. The molecule has 0 bridgehead atoms. The summed E-state index contributed by atoms with van der Waals surface area (Å²) in [6.45, 7) is 1.22. The summed E-state index contributed by atoms with van der Waals surface area (Å²) in [6.07, 6.45) is 5.73. The monoisotopic (exact) mass is 706 g/mol. The Bertz CT molecular complexity index is 1960. The van der Waals surface area contributed by atoms with Gasteiger partial charge in [-0.05, 0) is 99.6 Å². The van der Waals surface area contributed by atoms with Crippen molar-refractivity contribution in [2.24, 2.45) is 11.8 Å². The molecule has 4 N–H and O–H groups in total. The first-order chi connectivity index (χ1) is 25.3. The molecule has 0 spiro atoms. The number of carbonyl (C=O) groups is 4. The minimum absolute atomic E-state index is 0.0898. The lowest BCUT2D eigenvalue weighted by Gasteiger charge is -2.28. The van der Waals surface area contributed by atoms with Crippen molar-refractivity contribution in [3.05, 3.63) is 59.2 Å². The van der Waals surface area contributed by atoms with Gasteiger partial charge in [-0.2, -0.15) is 0 Å². The largest absolute Gasteiger partial charge is 0.453 e. The van der Waals surface area contributed by atoms with Crippen LogP contribution in [0, 0.1) is 23.7 Å². The second-order valence-corrected chi connectivity index (χ2v) is 14.2. The van der Waals surface area contributed by atoms with Crippen LogP contribution in [0.4, 0.5) is 9.59 Å². The third-order valence-electron chi connectivity index (χ3n) is 10.7. The van der Waals surface area contributed by atoms with Crippen molar-refractivity contribution in [2.75, 3.05) is 27.3 Å². The highest BCUT2D eigenvalue weighted by atomic mass is 16.5. The lowest BCUT2D eigenvalue weighted by molar-refractivity contribution is -0.135. The van der Waals surface area contributed by atoms with Crippen LogP contribution in [0.1, 0.15) is 86.2 Å². The number of hydrogen-bond donors (Lipinski definition) is 4. The lowest BCUT2D eigenvalue weighted by Crippen LogP contribution is -2.49. The number of nitrogens with one attached hydrogen (secondary N) is 4. The number of H-pyrrole nitrogens is 2. The molecule has 4 aromatic rings. The fraction of sp³-hybridized carbons (Fsp3) is 0.474. The minimum Gasteiger partial charge on any atom is -0.453 e. The highest BCUT2D eigenvalue weighted by molar-refractivity contribution is 5.88. The molecule has 2 saturated carbocycles. The smallest absolute Gasteiger partial charge is 0.407 e. The van der Waals surface area contributed by atoms with Crippen LogP contribution in [0.3, 0.4) is 0 Å². The first kappa shape index (κ1) is 33.6. The Labute approximate surface area is 300 Å². The second-order valence-electron chi connectivity index (χ2n) is 14.2. The van der Waals surface area contributed by atoms with Crippen LogP contribution >= 0.6 is 0 Å². The molecule has 4 amide bonds. The molecule has 0 radical (unpaired) electrons. The zero-order chi connectivity index (χ0) is 35.9. The van der Waals surface area contributed by atoms with Crippen LogP contribution in [0.25, 0.3) is 22.1 Å². The van der Waals surface area contributed by atoms with Gasteiger partial charge in [-0.3, -0.25) is 9.59 Å². The van der Waals surface area contributed by atoms with Gasteiger partial charge in [0.1, 0.15) is 23.7 Å². The van der Waals surface area contributed by atoms with E-state index in [2.05, 4.69) is 32.4 Å². The number of aromatic nitrogens is 4. The van der Waals surface area contributed by atoms with Gasteiger partial charge in [-0.1, -0.05) is 11.8 Å². The third kappa shape index (κ3) is 6.75. The Hall–Kier alpha value is -5.58. The maximum atomic E-state index is 13.6. The molecule has 2 aliphatic carbocycles. The summed E-state index contributed by atoms with van der Waals surface area (Å²) in [6, 6.07) is 10.1. The molecule has 14 heteroatoms. The number of alkyl carbamates (subject to hydrolysis) is 2. The molecule has 270 valence electrons. The van der Waals surface area contributed by atoms with Crippen molar-refractivity contribution >= 4 is 46.1 Å². The molecule has 4 atom stereocenters. The zero-order valence-corrected chi connectivity index (χ0v) is 29.2. The standard InChI is InChI=1S/C38H42N8O6/c1-51-37(49)43-31(23-11-12-23)35(47)45-17-3-5-29(45)33-39-25-15-9-21(19-27(25)41-33)7-8-22-10-16-26-28(20-22)42-34(40-26)30-6-4-18-46(30)36(48)32(24-13-14-24)44-38(50)52-2/h9-10,15-16,19-20,23-24,29-32H,3-6,11-14,17-18H2,1-2H3,(H,39,41)(H,40,42)(H,43,49)(H,44,50)/t29-,30-,31-,32-/m0/s1. The maximum Gasteiger partial charge on any atom is 0.407 e. The van der Waals surface area contributed by atoms with E-state index in [-0.39, 0.29) is 35.7 Å². The number of nitrogens with zero attached hydrogens (tertiary/aromatic N) is 4. The normalized spacial score (nSPS) is 21.0. The second kappa shape index (κ2) is 13.9. The molecule has 52 heavy (non-hydrogen) atoms. The molecule has 0 unspecified atom stereocenters. The fourth-order valence-electron chi connectivity index (χ4n) is 7.65. The molecule has 4 heterocycles. The maximum absolute atomic E-state index is 13.6. The Morgan fingerprint density at radius 2 is 1.12 bits per heavy atom. The van der Waals surface area contributed by atoms with Crippen molar-refractivity contribution in [3.63, 3.8) is 0 Å². The Balaban J connectivity index is 0.970. The van der Waals surface area contributed by atoms with Crippen molar-refractivity contribution in [2.45, 2.75) is 75.5 Å². The van der Waals surface area contributed by atoms with Crippen LogP contribution < -0.4 is 10.6 Å². The lowest BCUT2D eigenvalue weighted by atomic mass is 10.1. The average molecular weight is 707 g/mol. The molecule has 2 aromatic carbocycles. The fourth-order valence-corrected chi connectivity index (χ4v) is 7.65. The van der Waals surface area contributed by atoms with Crippen LogP contribution in [-0.4, -0.2) is 93.1 Å². The number of hydrogen-bond acceptors (Lipinski definition) is 8. The highest BCUT2D eigenvalue weighted by Gasteiger charge is 2.44. The van der Waals surface area contributed by atoms with Crippen LogP contribution in [0.5, 0.6) is 0 Å². The van der Waals surface area contributed by atoms with E-state index >= 15 is 0 Å². The van der Waals surface area contributed by atoms with E-state index < -0.39 is 24.3 Å². The van der Waals surface area contributed by atoms with Gasteiger partial charge in [0, 0.05) is 24.2 Å². The van der Waals surface area contributed by atoms with E-state index in [9.17, 15) is 19.2 Å². The van der Waals surface area contributed by atoms with Gasteiger partial charge in [0.25, 0.3) is 0 Å². The highest BCUT2D eigenvalue weighted by Crippen LogP contribution is 2.39. The summed E-state index contributed by atoms with van der Waals surface area (Å²) in [5, 5.41) is 5.50. The van der Waals surface area contributed by atoms with Crippen LogP contribution in [-0.2, 0) is 19.1 Å². The number of amides is 4. The number of fused-ring (bicyclic) bond motifs is 2. The Morgan fingerprint density at radius 3 is 1.50 bits per heavy atom. The number of ether oxygens (including phenoxy) is 2. The topological polar surface area (TPSA) is 175 Å². The number of rotatable bonds is 8. The molecule has 2 aromatic heterocycles. The summed E-state index contributed by atoms with van der Waals surface area (Å²) in [4.78, 5) is 71.3. The molecule has 8 rings (SSSR count). The van der Waals surface area contributed by atoms with E-state index in [1.807, 2.05) is 46.2 Å². The summed E-state index contributed by atoms with van der Waals surface area (Å²) >= 11 is 0.